The third-order valence-corrected chi connectivity index (χ3v) is 3.85. The van der Waals surface area contributed by atoms with Crippen molar-refractivity contribution in [2.75, 3.05) is 11.9 Å². The first-order chi connectivity index (χ1) is 10.2. The summed E-state index contributed by atoms with van der Waals surface area (Å²) in [6.45, 7) is 4.81. The summed E-state index contributed by atoms with van der Waals surface area (Å²) in [6, 6.07) is 10.3. The molecule has 0 aliphatic heterocycles. The molecule has 1 heterocycles. The summed E-state index contributed by atoms with van der Waals surface area (Å²) in [5, 5.41) is 7.35. The van der Waals surface area contributed by atoms with Crippen LogP contribution in [0.4, 0.5) is 5.69 Å². The van der Waals surface area contributed by atoms with Crippen LogP contribution in [0.2, 0.25) is 0 Å². The number of aryl methyl sites for hydroxylation is 1. The average Bonchev–Trinajstić information content (AvgIpc) is 2.51. The summed E-state index contributed by atoms with van der Waals surface area (Å²) in [6.07, 6.45) is 5.31. The molecular formula is C16H18BrN3O. The van der Waals surface area contributed by atoms with Gasteiger partial charge >= 0.3 is 0 Å². The monoisotopic (exact) mass is 347 g/mol. The van der Waals surface area contributed by atoms with Gasteiger partial charge in [-0.15, -0.1) is 6.58 Å². The molecule has 0 radical (unpaired) electrons. The van der Waals surface area contributed by atoms with Crippen LogP contribution in [-0.4, -0.2) is 16.3 Å². The van der Waals surface area contributed by atoms with E-state index in [1.807, 2.05) is 18.2 Å². The van der Waals surface area contributed by atoms with Crippen molar-refractivity contribution >= 4 is 21.6 Å². The number of anilines is 1. The first-order valence-corrected chi connectivity index (χ1v) is 7.66. The fourth-order valence-corrected chi connectivity index (χ4v) is 2.45. The summed E-state index contributed by atoms with van der Waals surface area (Å²) in [7, 11) is 0. The Morgan fingerprint density at radius 2 is 2.10 bits per heavy atom. The number of rotatable bonds is 7. The van der Waals surface area contributed by atoms with Gasteiger partial charge in [0.2, 0.25) is 0 Å². The van der Waals surface area contributed by atoms with Gasteiger partial charge in [0, 0.05) is 6.54 Å². The molecule has 5 heteroatoms. The molecule has 0 atom stereocenters. The van der Waals surface area contributed by atoms with Crippen molar-refractivity contribution in [2.24, 2.45) is 0 Å². The second-order valence-corrected chi connectivity index (χ2v) is 5.46. The molecule has 110 valence electrons. The van der Waals surface area contributed by atoms with Crippen LogP contribution < -0.4 is 10.9 Å². The van der Waals surface area contributed by atoms with E-state index < -0.39 is 0 Å². The Morgan fingerprint density at radius 1 is 1.33 bits per heavy atom. The molecule has 0 amide bonds. The molecule has 0 saturated heterocycles. The van der Waals surface area contributed by atoms with Crippen molar-refractivity contribution < 1.29 is 0 Å². The SMILES string of the molecule is C=CCn1ncc(NCCCc2ccccc2)c(Br)c1=O. The number of nitrogens with zero attached hydrogens (tertiary/aromatic N) is 2. The Hall–Kier alpha value is -1.88. The minimum Gasteiger partial charge on any atom is -0.383 e. The van der Waals surface area contributed by atoms with Crippen molar-refractivity contribution in [3.05, 3.63) is 69.6 Å². The standard InChI is InChI=1S/C16H18BrN3O/c1-2-11-20-16(21)15(17)14(12-19-20)18-10-6-9-13-7-4-3-5-8-13/h2-5,7-8,12,18H,1,6,9-11H2. The van der Waals surface area contributed by atoms with Crippen molar-refractivity contribution in [2.45, 2.75) is 19.4 Å². The summed E-state index contributed by atoms with van der Waals surface area (Å²) in [5.41, 5.74) is 1.90. The Morgan fingerprint density at radius 3 is 2.81 bits per heavy atom. The second-order valence-electron chi connectivity index (χ2n) is 4.66. The third kappa shape index (κ3) is 4.29. The number of hydrogen-bond donors (Lipinski definition) is 1. The minimum atomic E-state index is -0.150. The van der Waals surface area contributed by atoms with Crippen LogP contribution >= 0.6 is 15.9 Å². The van der Waals surface area contributed by atoms with Crippen LogP contribution in [0.3, 0.4) is 0 Å². The highest BCUT2D eigenvalue weighted by atomic mass is 79.9. The smallest absolute Gasteiger partial charge is 0.283 e. The summed E-state index contributed by atoms with van der Waals surface area (Å²) in [5.74, 6) is 0. The number of allylic oxidation sites excluding steroid dienone is 1. The van der Waals surface area contributed by atoms with E-state index in [9.17, 15) is 4.79 Å². The molecule has 1 aromatic carbocycles. The Balaban J connectivity index is 1.90. The lowest BCUT2D eigenvalue weighted by molar-refractivity contribution is 0.648. The number of nitrogens with one attached hydrogen (secondary N) is 1. The van der Waals surface area contributed by atoms with Crippen molar-refractivity contribution in [3.8, 4) is 0 Å². The lowest BCUT2D eigenvalue weighted by Crippen LogP contribution is -2.24. The maximum Gasteiger partial charge on any atom is 0.283 e. The van der Waals surface area contributed by atoms with E-state index in [4.69, 9.17) is 0 Å². The highest BCUT2D eigenvalue weighted by Gasteiger charge is 2.07. The number of hydrogen-bond acceptors (Lipinski definition) is 3. The largest absolute Gasteiger partial charge is 0.383 e. The fraction of sp³-hybridized carbons (Fsp3) is 0.250. The molecule has 0 saturated carbocycles. The van der Waals surface area contributed by atoms with Gasteiger partial charge in [0.05, 0.1) is 18.4 Å². The molecule has 0 bridgehead atoms. The van der Waals surface area contributed by atoms with Gasteiger partial charge in [0.1, 0.15) is 4.47 Å². The van der Waals surface area contributed by atoms with E-state index >= 15 is 0 Å². The normalized spacial score (nSPS) is 10.3. The Bertz CT molecular complexity index is 652. The second kappa shape index (κ2) is 7.78. The third-order valence-electron chi connectivity index (χ3n) is 3.09. The highest BCUT2D eigenvalue weighted by molar-refractivity contribution is 9.10. The van der Waals surface area contributed by atoms with E-state index in [2.05, 4.69) is 45.1 Å². The predicted molar refractivity (Wildman–Crippen MR) is 89.6 cm³/mol. The summed E-state index contributed by atoms with van der Waals surface area (Å²) < 4.78 is 1.88. The van der Waals surface area contributed by atoms with Crippen molar-refractivity contribution in [1.29, 1.82) is 0 Å². The summed E-state index contributed by atoms with van der Waals surface area (Å²) >= 11 is 3.33. The van der Waals surface area contributed by atoms with E-state index in [1.54, 1.807) is 12.3 Å². The topological polar surface area (TPSA) is 46.9 Å². The molecule has 0 aliphatic carbocycles. The Labute approximate surface area is 132 Å². The van der Waals surface area contributed by atoms with Gasteiger partial charge in [0.15, 0.2) is 0 Å². The van der Waals surface area contributed by atoms with Gasteiger partial charge in [-0.05, 0) is 34.3 Å². The molecule has 2 rings (SSSR count). The molecule has 21 heavy (non-hydrogen) atoms. The van der Waals surface area contributed by atoms with Crippen LogP contribution in [0, 0.1) is 0 Å². The maximum absolute atomic E-state index is 12.0. The average molecular weight is 348 g/mol. The van der Waals surface area contributed by atoms with Gasteiger partial charge < -0.3 is 5.32 Å². The van der Waals surface area contributed by atoms with E-state index in [-0.39, 0.29) is 5.56 Å². The maximum atomic E-state index is 12.0. The van der Waals surface area contributed by atoms with E-state index in [1.165, 1.54) is 10.2 Å². The van der Waals surface area contributed by atoms with Gasteiger partial charge in [0.25, 0.3) is 5.56 Å². The van der Waals surface area contributed by atoms with Gasteiger partial charge in [-0.2, -0.15) is 5.10 Å². The van der Waals surface area contributed by atoms with Crippen LogP contribution in [-0.2, 0) is 13.0 Å². The van der Waals surface area contributed by atoms with Crippen molar-refractivity contribution in [3.63, 3.8) is 0 Å². The lowest BCUT2D eigenvalue weighted by Gasteiger charge is -2.09. The van der Waals surface area contributed by atoms with Gasteiger partial charge in [-0.25, -0.2) is 4.68 Å². The number of halogens is 1. The lowest BCUT2D eigenvalue weighted by atomic mass is 10.1. The van der Waals surface area contributed by atoms with Crippen LogP contribution in [0.25, 0.3) is 0 Å². The molecule has 0 unspecified atom stereocenters. The first kappa shape index (κ1) is 15.5. The quantitative estimate of drug-likeness (QED) is 0.617. The fourth-order valence-electron chi connectivity index (χ4n) is 2.00. The zero-order chi connectivity index (χ0) is 15.1. The predicted octanol–water partition coefficient (Wildman–Crippen LogP) is 3.24. The molecule has 0 aliphatic rings. The number of aromatic nitrogens is 2. The molecule has 0 spiro atoms. The zero-order valence-corrected chi connectivity index (χ0v) is 13.3. The number of benzene rings is 1. The van der Waals surface area contributed by atoms with Crippen LogP contribution in [0.1, 0.15) is 12.0 Å². The molecular weight excluding hydrogens is 330 g/mol. The molecule has 1 N–H and O–H groups in total. The summed E-state index contributed by atoms with van der Waals surface area (Å²) in [4.78, 5) is 12.0. The molecule has 4 nitrogen and oxygen atoms in total. The van der Waals surface area contributed by atoms with Crippen molar-refractivity contribution in [1.82, 2.24) is 9.78 Å². The molecule has 2 aromatic rings. The highest BCUT2D eigenvalue weighted by Crippen LogP contribution is 2.16. The van der Waals surface area contributed by atoms with Gasteiger partial charge in [-0.1, -0.05) is 36.4 Å². The first-order valence-electron chi connectivity index (χ1n) is 6.86. The van der Waals surface area contributed by atoms with Gasteiger partial charge in [-0.3, -0.25) is 4.79 Å². The van der Waals surface area contributed by atoms with Crippen LogP contribution in [0.15, 0.2) is 58.5 Å². The molecule has 0 fully saturated rings. The minimum absolute atomic E-state index is 0.150. The Kier molecular flexibility index (Phi) is 5.75. The molecule has 1 aromatic heterocycles. The van der Waals surface area contributed by atoms with Crippen LogP contribution in [0.5, 0.6) is 0 Å². The zero-order valence-electron chi connectivity index (χ0n) is 11.8. The van der Waals surface area contributed by atoms with E-state index in [0.717, 1.165) is 25.1 Å². The van der Waals surface area contributed by atoms with E-state index in [0.29, 0.717) is 11.0 Å².